The molecule has 0 unspecified atom stereocenters. The lowest BCUT2D eigenvalue weighted by molar-refractivity contribution is -0.118. The van der Waals surface area contributed by atoms with Gasteiger partial charge in [-0.2, -0.15) is 0 Å². The summed E-state index contributed by atoms with van der Waals surface area (Å²) < 4.78 is 2.00. The molecule has 0 aliphatic heterocycles. The fourth-order valence-corrected chi connectivity index (χ4v) is 2.14. The van der Waals surface area contributed by atoms with E-state index in [1.165, 1.54) is 5.56 Å². The number of rotatable bonds is 7. The summed E-state index contributed by atoms with van der Waals surface area (Å²) in [5.41, 5.74) is 7.33. The van der Waals surface area contributed by atoms with Crippen molar-refractivity contribution in [3.63, 3.8) is 0 Å². The number of carbonyl (C=O) groups is 1. The number of nitrogens with two attached hydrogens (primary N) is 1. The van der Waals surface area contributed by atoms with Crippen molar-refractivity contribution in [3.05, 3.63) is 30.1 Å². The highest BCUT2D eigenvalue weighted by Gasteiger charge is 2.09. The first-order valence-electron chi connectivity index (χ1n) is 6.64. The summed E-state index contributed by atoms with van der Waals surface area (Å²) in [6.07, 6.45) is 5.27. The first-order chi connectivity index (χ1) is 9.22. The van der Waals surface area contributed by atoms with E-state index in [1.54, 1.807) is 6.20 Å². The van der Waals surface area contributed by atoms with Gasteiger partial charge in [0.05, 0.1) is 0 Å². The molecule has 2 heterocycles. The quantitative estimate of drug-likeness (QED) is 0.739. The number of carbonyl (C=O) groups excluding carboxylic acids is 1. The summed E-state index contributed by atoms with van der Waals surface area (Å²) in [6.45, 7) is 4.54. The highest BCUT2D eigenvalue weighted by atomic mass is 16.1. The van der Waals surface area contributed by atoms with Crippen LogP contribution < -0.4 is 11.1 Å². The molecule has 0 atom stereocenters. The normalized spacial score (nSPS) is 11.0. The molecule has 0 saturated carbocycles. The Kier molecular flexibility index (Phi) is 4.52. The van der Waals surface area contributed by atoms with Gasteiger partial charge < -0.3 is 15.6 Å². The molecule has 0 spiro atoms. The van der Waals surface area contributed by atoms with Crippen LogP contribution in [-0.4, -0.2) is 22.0 Å². The summed E-state index contributed by atoms with van der Waals surface area (Å²) in [5, 5.41) is 4.52. The van der Waals surface area contributed by atoms with Crippen molar-refractivity contribution in [3.8, 4) is 0 Å². The summed E-state index contributed by atoms with van der Waals surface area (Å²) >= 11 is 0. The Morgan fingerprint density at radius 2 is 2.37 bits per heavy atom. The molecule has 0 aliphatic rings. The Balaban J connectivity index is 2.23. The molecule has 0 aromatic carbocycles. The Labute approximate surface area is 112 Å². The Morgan fingerprint density at radius 1 is 1.53 bits per heavy atom. The third kappa shape index (κ3) is 3.32. The standard InChI is InChI=1S/C14H20N4O/c1-2-6-16-9-11-10-18(8-5-13(15)19)14-12(11)4-3-7-17-14/h3-4,7,10,16H,2,5-6,8-9H2,1H3,(H2,15,19). The van der Waals surface area contributed by atoms with Crippen LogP contribution in [0.1, 0.15) is 25.3 Å². The summed E-state index contributed by atoms with van der Waals surface area (Å²) in [7, 11) is 0. The van der Waals surface area contributed by atoms with E-state index in [0.29, 0.717) is 13.0 Å². The van der Waals surface area contributed by atoms with Crippen molar-refractivity contribution in [2.24, 2.45) is 5.73 Å². The first kappa shape index (κ1) is 13.5. The van der Waals surface area contributed by atoms with Crippen LogP contribution in [0.2, 0.25) is 0 Å². The van der Waals surface area contributed by atoms with E-state index in [1.807, 2.05) is 10.6 Å². The maximum atomic E-state index is 10.9. The SMILES string of the molecule is CCCNCc1cn(CCC(N)=O)c2ncccc12. The average molecular weight is 260 g/mol. The second-order valence-corrected chi connectivity index (χ2v) is 4.62. The number of hydrogen-bond donors (Lipinski definition) is 2. The van der Waals surface area contributed by atoms with Crippen molar-refractivity contribution in [1.29, 1.82) is 0 Å². The minimum Gasteiger partial charge on any atom is -0.370 e. The van der Waals surface area contributed by atoms with Crippen LogP contribution in [0.3, 0.4) is 0 Å². The van der Waals surface area contributed by atoms with Crippen LogP contribution >= 0.6 is 0 Å². The van der Waals surface area contributed by atoms with E-state index < -0.39 is 0 Å². The monoisotopic (exact) mass is 260 g/mol. The van der Waals surface area contributed by atoms with E-state index in [-0.39, 0.29) is 5.91 Å². The number of nitrogens with one attached hydrogen (secondary N) is 1. The van der Waals surface area contributed by atoms with Gasteiger partial charge in [-0.3, -0.25) is 4.79 Å². The molecule has 0 radical (unpaired) electrons. The second-order valence-electron chi connectivity index (χ2n) is 4.62. The third-order valence-corrected chi connectivity index (χ3v) is 3.06. The van der Waals surface area contributed by atoms with E-state index in [0.717, 1.165) is 30.5 Å². The Bertz CT molecular complexity index is 562. The van der Waals surface area contributed by atoms with Gasteiger partial charge >= 0.3 is 0 Å². The largest absolute Gasteiger partial charge is 0.370 e. The van der Waals surface area contributed by atoms with Crippen LogP contribution in [0, 0.1) is 0 Å². The molecule has 0 bridgehead atoms. The highest BCUT2D eigenvalue weighted by Crippen LogP contribution is 2.19. The van der Waals surface area contributed by atoms with Gasteiger partial charge in [-0.05, 0) is 30.7 Å². The van der Waals surface area contributed by atoms with Gasteiger partial charge in [0.15, 0.2) is 0 Å². The van der Waals surface area contributed by atoms with Gasteiger partial charge in [0.1, 0.15) is 5.65 Å². The van der Waals surface area contributed by atoms with Gasteiger partial charge in [0.2, 0.25) is 5.91 Å². The van der Waals surface area contributed by atoms with Crippen molar-refractivity contribution >= 4 is 16.9 Å². The van der Waals surface area contributed by atoms with Crippen molar-refractivity contribution in [2.45, 2.75) is 32.9 Å². The zero-order valence-corrected chi connectivity index (χ0v) is 11.2. The van der Waals surface area contributed by atoms with Crippen molar-refractivity contribution < 1.29 is 4.79 Å². The minimum absolute atomic E-state index is 0.288. The highest BCUT2D eigenvalue weighted by molar-refractivity contribution is 5.80. The van der Waals surface area contributed by atoms with Gasteiger partial charge in [-0.15, -0.1) is 0 Å². The lowest BCUT2D eigenvalue weighted by Crippen LogP contribution is -2.14. The number of aromatic nitrogens is 2. The molecule has 2 aromatic heterocycles. The van der Waals surface area contributed by atoms with E-state index in [9.17, 15) is 4.79 Å². The molecule has 1 amide bonds. The maximum Gasteiger partial charge on any atom is 0.219 e. The zero-order valence-electron chi connectivity index (χ0n) is 11.2. The Hall–Kier alpha value is -1.88. The molecule has 19 heavy (non-hydrogen) atoms. The molecule has 0 aliphatic carbocycles. The van der Waals surface area contributed by atoms with Crippen LogP contribution in [0.25, 0.3) is 11.0 Å². The van der Waals surface area contributed by atoms with Crippen LogP contribution in [0.5, 0.6) is 0 Å². The number of amides is 1. The first-order valence-corrected chi connectivity index (χ1v) is 6.64. The minimum atomic E-state index is -0.288. The molecule has 5 heteroatoms. The molecule has 2 aromatic rings. The van der Waals surface area contributed by atoms with E-state index in [2.05, 4.69) is 29.5 Å². The van der Waals surface area contributed by atoms with Gasteiger partial charge in [-0.25, -0.2) is 4.98 Å². The summed E-state index contributed by atoms with van der Waals surface area (Å²) in [6, 6.07) is 4.00. The lowest BCUT2D eigenvalue weighted by atomic mass is 10.2. The van der Waals surface area contributed by atoms with E-state index >= 15 is 0 Å². The van der Waals surface area contributed by atoms with Crippen LogP contribution in [-0.2, 0) is 17.9 Å². The number of pyridine rings is 1. The molecule has 5 nitrogen and oxygen atoms in total. The molecule has 0 saturated heterocycles. The molecular formula is C14H20N4O. The predicted molar refractivity (Wildman–Crippen MR) is 75.5 cm³/mol. The molecule has 3 N–H and O–H groups in total. The van der Waals surface area contributed by atoms with Gasteiger partial charge in [0, 0.05) is 37.3 Å². The molecule has 0 fully saturated rings. The van der Waals surface area contributed by atoms with Crippen molar-refractivity contribution in [2.75, 3.05) is 6.54 Å². The fraction of sp³-hybridized carbons (Fsp3) is 0.429. The van der Waals surface area contributed by atoms with Gasteiger partial charge in [-0.1, -0.05) is 6.92 Å². The number of primary amides is 1. The van der Waals surface area contributed by atoms with Crippen molar-refractivity contribution in [1.82, 2.24) is 14.9 Å². The third-order valence-electron chi connectivity index (χ3n) is 3.06. The van der Waals surface area contributed by atoms with Crippen LogP contribution in [0.4, 0.5) is 0 Å². The zero-order chi connectivity index (χ0) is 13.7. The summed E-state index contributed by atoms with van der Waals surface area (Å²) in [5.74, 6) is -0.288. The number of nitrogens with zero attached hydrogens (tertiary/aromatic N) is 2. The lowest BCUT2D eigenvalue weighted by Gasteiger charge is -2.01. The van der Waals surface area contributed by atoms with Crippen LogP contribution in [0.15, 0.2) is 24.5 Å². The van der Waals surface area contributed by atoms with Gasteiger partial charge in [0.25, 0.3) is 0 Å². The maximum absolute atomic E-state index is 10.9. The average Bonchev–Trinajstić information content (AvgIpc) is 2.76. The molecule has 2 rings (SSSR count). The Morgan fingerprint density at radius 3 is 3.11 bits per heavy atom. The smallest absolute Gasteiger partial charge is 0.219 e. The van der Waals surface area contributed by atoms with E-state index in [4.69, 9.17) is 5.73 Å². The number of aryl methyl sites for hydroxylation is 1. The molecular weight excluding hydrogens is 240 g/mol. The fourth-order valence-electron chi connectivity index (χ4n) is 2.14. The molecule has 102 valence electrons. The topological polar surface area (TPSA) is 72.9 Å². The number of fused-ring (bicyclic) bond motifs is 1. The second kappa shape index (κ2) is 6.33. The number of hydrogen-bond acceptors (Lipinski definition) is 3. The predicted octanol–water partition coefficient (Wildman–Crippen LogP) is 1.41. The summed E-state index contributed by atoms with van der Waals surface area (Å²) in [4.78, 5) is 15.3.